The Morgan fingerprint density at radius 3 is 1.90 bits per heavy atom. The van der Waals surface area contributed by atoms with E-state index in [1.807, 2.05) is 30.3 Å². The molecule has 3 rings (SSSR count). The minimum Gasteiger partial charge on any atom is -1.00 e. The predicted octanol–water partition coefficient (Wildman–Crippen LogP) is -0.733. The molecule has 110 valence electrons. The van der Waals surface area contributed by atoms with E-state index in [4.69, 9.17) is 0 Å². The summed E-state index contributed by atoms with van der Waals surface area (Å²) in [6.07, 6.45) is 0. The van der Waals surface area contributed by atoms with Crippen LogP contribution in [0.2, 0.25) is 0 Å². The maximum absolute atomic E-state index is 2.26. The number of hydrogen-bond acceptors (Lipinski definition) is 0. The Hall–Kier alpha value is -0.357. The predicted molar refractivity (Wildman–Crippen MR) is 80.3 cm³/mol. The molecule has 0 heterocycles. The Labute approximate surface area is 159 Å². The summed E-state index contributed by atoms with van der Waals surface area (Å²) in [6.45, 7) is 6.78. The first-order valence-corrected chi connectivity index (χ1v) is 6.40. The number of benzene rings is 1. The van der Waals surface area contributed by atoms with Gasteiger partial charge in [-0.3, -0.25) is 0 Å². The molecule has 0 fully saturated rings. The van der Waals surface area contributed by atoms with Gasteiger partial charge < -0.3 is 24.8 Å². The van der Waals surface area contributed by atoms with E-state index in [-0.39, 0.29) is 56.4 Å². The summed E-state index contributed by atoms with van der Waals surface area (Å²) in [5.41, 5.74) is 1.70. The van der Waals surface area contributed by atoms with Crippen molar-refractivity contribution in [2.75, 3.05) is 0 Å². The van der Waals surface area contributed by atoms with Crippen molar-refractivity contribution in [1.82, 2.24) is 0 Å². The van der Waals surface area contributed by atoms with Crippen LogP contribution in [-0.2, 0) is 31.6 Å². The van der Waals surface area contributed by atoms with E-state index in [1.165, 1.54) is 16.3 Å². The van der Waals surface area contributed by atoms with Crippen LogP contribution < -0.4 is 24.8 Å². The van der Waals surface area contributed by atoms with Crippen LogP contribution in [0.4, 0.5) is 0 Å². The number of hydrogen-bond donors (Lipinski definition) is 0. The summed E-state index contributed by atoms with van der Waals surface area (Å²) in [5.74, 6) is 0. The van der Waals surface area contributed by atoms with Gasteiger partial charge in [-0.25, -0.2) is 12.1 Å². The molecule has 0 unspecified atom stereocenters. The number of fused-ring (bicyclic) bond motifs is 1. The summed E-state index contributed by atoms with van der Waals surface area (Å²) in [7, 11) is 0. The maximum atomic E-state index is 2.26. The second kappa shape index (κ2) is 10.4. The molecule has 0 aromatic heterocycles. The fraction of sp³-hybridized carbons (Fsp3) is 0.222. The summed E-state index contributed by atoms with van der Waals surface area (Å²) in [4.78, 5) is 0. The number of halogens is 2. The Morgan fingerprint density at radius 2 is 1.43 bits per heavy atom. The van der Waals surface area contributed by atoms with E-state index in [1.54, 1.807) is 0 Å². The van der Waals surface area contributed by atoms with Crippen LogP contribution in [0.3, 0.4) is 0 Å². The molecule has 0 radical (unpaired) electrons. The normalized spacial score (nSPS) is 9.48. The van der Waals surface area contributed by atoms with Crippen LogP contribution in [0.1, 0.15) is 26.3 Å². The Morgan fingerprint density at radius 1 is 0.857 bits per heavy atom. The quantitative estimate of drug-likeness (QED) is 0.438. The van der Waals surface area contributed by atoms with Gasteiger partial charge in [0.1, 0.15) is 0 Å². The van der Waals surface area contributed by atoms with Gasteiger partial charge in [0, 0.05) is 0 Å². The van der Waals surface area contributed by atoms with Gasteiger partial charge in [0.15, 0.2) is 0 Å². The average molecular weight is 398 g/mol. The van der Waals surface area contributed by atoms with Crippen molar-refractivity contribution in [2.45, 2.75) is 26.2 Å². The molecule has 0 aliphatic rings. The molecule has 0 atom stereocenters. The van der Waals surface area contributed by atoms with E-state index >= 15 is 0 Å². The van der Waals surface area contributed by atoms with Gasteiger partial charge in [0.05, 0.1) is 0 Å². The van der Waals surface area contributed by atoms with Crippen molar-refractivity contribution in [3.8, 4) is 0 Å². The van der Waals surface area contributed by atoms with E-state index in [0.717, 1.165) is 0 Å². The van der Waals surface area contributed by atoms with E-state index in [0.29, 0.717) is 0 Å². The smallest absolute Gasteiger partial charge is 1.00 e. The molecule has 0 nitrogen and oxygen atoms in total. The zero-order valence-corrected chi connectivity index (χ0v) is 16.6. The third kappa shape index (κ3) is 6.51. The molecule has 21 heavy (non-hydrogen) atoms. The molecule has 3 aromatic rings. The molecule has 0 spiro atoms. The zero-order chi connectivity index (χ0) is 13.0. The SMILES string of the molecule is CC(C)(C)c1c[cH-]c2ccccc12.[Cl-].[Cl-].[Zr+4].c1cc[cH-]c1. The van der Waals surface area contributed by atoms with E-state index in [2.05, 4.69) is 57.2 Å². The van der Waals surface area contributed by atoms with Crippen LogP contribution in [0, 0.1) is 0 Å². The summed E-state index contributed by atoms with van der Waals surface area (Å²) < 4.78 is 0. The molecule has 0 N–H and O–H groups in total. The largest absolute Gasteiger partial charge is 4.00 e. The molecule has 0 aliphatic heterocycles. The van der Waals surface area contributed by atoms with Gasteiger partial charge in [0.2, 0.25) is 0 Å². The molecule has 0 bridgehead atoms. The van der Waals surface area contributed by atoms with Gasteiger partial charge in [-0.05, 0) is 0 Å². The monoisotopic (exact) mass is 396 g/mol. The molecule has 3 aromatic carbocycles. The first kappa shape index (κ1) is 22.9. The van der Waals surface area contributed by atoms with Gasteiger partial charge >= 0.3 is 26.2 Å². The standard InChI is InChI=1S/C13H15.C5H5.2ClH.Zr/c1-13(2,3)12-9-8-10-6-4-5-7-11(10)12;1-2-4-5-3-1;;;/h4-9H,1-3H3;1-5H;2*1H;/q2*-1;;;+4/p-2. The molecule has 0 amide bonds. The Kier molecular flexibility index (Phi) is 11.3. The summed E-state index contributed by atoms with van der Waals surface area (Å²) in [5, 5.41) is 2.75. The Bertz CT molecular complexity index is 572. The van der Waals surface area contributed by atoms with E-state index in [9.17, 15) is 0 Å². The molecule has 0 saturated heterocycles. The van der Waals surface area contributed by atoms with Crippen molar-refractivity contribution < 1.29 is 51.0 Å². The molecular weight excluding hydrogens is 378 g/mol. The molecule has 3 heteroatoms. The molecular formula is C18H20Cl2Zr. The van der Waals surface area contributed by atoms with Gasteiger partial charge in [0.25, 0.3) is 0 Å². The zero-order valence-electron chi connectivity index (χ0n) is 12.6. The van der Waals surface area contributed by atoms with Crippen molar-refractivity contribution in [3.05, 3.63) is 72.3 Å². The minimum absolute atomic E-state index is 0. The fourth-order valence-corrected chi connectivity index (χ4v) is 2.13. The third-order valence-corrected chi connectivity index (χ3v) is 3.04. The summed E-state index contributed by atoms with van der Waals surface area (Å²) in [6, 6.07) is 23.0. The van der Waals surface area contributed by atoms with Gasteiger partial charge in [-0.1, -0.05) is 32.3 Å². The first-order chi connectivity index (χ1) is 8.59. The first-order valence-electron chi connectivity index (χ1n) is 6.40. The van der Waals surface area contributed by atoms with Gasteiger partial charge in [-0.15, -0.1) is 46.7 Å². The summed E-state index contributed by atoms with van der Waals surface area (Å²) >= 11 is 0. The van der Waals surface area contributed by atoms with Crippen LogP contribution in [0.15, 0.2) is 66.7 Å². The van der Waals surface area contributed by atoms with Crippen LogP contribution in [0.5, 0.6) is 0 Å². The second-order valence-corrected chi connectivity index (χ2v) is 5.55. The fourth-order valence-electron chi connectivity index (χ4n) is 2.13. The topological polar surface area (TPSA) is 0 Å². The molecule has 0 aliphatic carbocycles. The van der Waals surface area contributed by atoms with Crippen molar-refractivity contribution >= 4 is 10.8 Å². The van der Waals surface area contributed by atoms with Crippen LogP contribution in [0.25, 0.3) is 10.8 Å². The van der Waals surface area contributed by atoms with Crippen LogP contribution in [-0.4, -0.2) is 0 Å². The second-order valence-electron chi connectivity index (χ2n) is 5.55. The molecule has 0 saturated carbocycles. The van der Waals surface area contributed by atoms with Crippen LogP contribution >= 0.6 is 0 Å². The van der Waals surface area contributed by atoms with Crippen molar-refractivity contribution in [2.24, 2.45) is 0 Å². The third-order valence-electron chi connectivity index (χ3n) is 3.04. The van der Waals surface area contributed by atoms with Crippen molar-refractivity contribution in [3.63, 3.8) is 0 Å². The number of rotatable bonds is 0. The van der Waals surface area contributed by atoms with E-state index < -0.39 is 0 Å². The van der Waals surface area contributed by atoms with Crippen molar-refractivity contribution in [1.29, 1.82) is 0 Å². The minimum atomic E-state index is 0. The average Bonchev–Trinajstić information content (AvgIpc) is 3.01. The van der Waals surface area contributed by atoms with Gasteiger partial charge in [-0.2, -0.15) is 18.2 Å². The maximum Gasteiger partial charge on any atom is 4.00 e. The Balaban J connectivity index is 0.